The van der Waals surface area contributed by atoms with Crippen LogP contribution < -0.4 is 14.4 Å². The number of ether oxygens (including phenoxy) is 1. The molecule has 0 unspecified atom stereocenters. The van der Waals surface area contributed by atoms with Crippen molar-refractivity contribution < 1.29 is 31.1 Å². The molecular formula is C20H22ClF3N2O4S. The molecule has 2 aromatic carbocycles. The molecular weight excluding hydrogens is 457 g/mol. The molecule has 2 aromatic rings. The minimum atomic E-state index is -4.71. The van der Waals surface area contributed by atoms with E-state index in [9.17, 15) is 26.4 Å². The second kappa shape index (κ2) is 10.7. The number of para-hydroxylation sites is 2. The Bertz CT molecular complexity index is 1000. The van der Waals surface area contributed by atoms with Crippen molar-refractivity contribution in [3.05, 3.63) is 59.1 Å². The first-order valence-corrected chi connectivity index (χ1v) is 11.5. The van der Waals surface area contributed by atoms with Gasteiger partial charge in [-0.25, -0.2) is 8.42 Å². The number of benzene rings is 2. The van der Waals surface area contributed by atoms with Crippen LogP contribution in [0.4, 0.5) is 18.9 Å². The minimum Gasteiger partial charge on any atom is -0.490 e. The molecule has 31 heavy (non-hydrogen) atoms. The molecule has 0 saturated heterocycles. The molecule has 0 saturated carbocycles. The zero-order chi connectivity index (χ0) is 23.1. The number of halogens is 4. The highest BCUT2D eigenvalue weighted by Crippen LogP contribution is 2.37. The number of anilines is 1. The summed E-state index contributed by atoms with van der Waals surface area (Å²) in [5.41, 5.74) is -1.52. The van der Waals surface area contributed by atoms with E-state index < -0.39 is 27.5 Å². The zero-order valence-corrected chi connectivity index (χ0v) is 18.2. The van der Waals surface area contributed by atoms with E-state index in [1.54, 1.807) is 24.3 Å². The Morgan fingerprint density at radius 1 is 1.13 bits per heavy atom. The Labute approximate surface area is 184 Å². The highest BCUT2D eigenvalue weighted by molar-refractivity contribution is 7.92. The summed E-state index contributed by atoms with van der Waals surface area (Å²) in [6, 6.07) is 11.3. The van der Waals surface area contributed by atoms with Gasteiger partial charge in [-0.1, -0.05) is 35.9 Å². The lowest BCUT2D eigenvalue weighted by Gasteiger charge is -2.25. The molecule has 0 radical (unpaired) electrons. The molecule has 0 aliphatic carbocycles. The number of nitrogens with one attached hydrogen (secondary N) is 1. The third kappa shape index (κ3) is 7.62. The lowest BCUT2D eigenvalue weighted by Crippen LogP contribution is -2.34. The molecule has 0 aliphatic rings. The van der Waals surface area contributed by atoms with Crippen molar-refractivity contribution in [1.29, 1.82) is 0 Å². The van der Waals surface area contributed by atoms with E-state index in [1.807, 2.05) is 0 Å². The predicted molar refractivity (Wildman–Crippen MR) is 113 cm³/mol. The maximum absolute atomic E-state index is 13.3. The maximum atomic E-state index is 13.3. The summed E-state index contributed by atoms with van der Waals surface area (Å²) < 4.78 is 70.1. The molecule has 0 fully saturated rings. The molecule has 6 nitrogen and oxygen atoms in total. The Morgan fingerprint density at radius 2 is 1.77 bits per heavy atom. The Morgan fingerprint density at radius 3 is 2.42 bits per heavy atom. The number of carbonyl (C=O) groups excluding carboxylic acids is 1. The molecule has 11 heteroatoms. The van der Waals surface area contributed by atoms with Crippen molar-refractivity contribution in [1.82, 2.24) is 5.32 Å². The van der Waals surface area contributed by atoms with Gasteiger partial charge in [0.2, 0.25) is 15.9 Å². The Balaban J connectivity index is 1.88. The largest absolute Gasteiger partial charge is 0.490 e. The molecule has 0 spiro atoms. The SMILES string of the molecule is CS(=O)(=O)N(CCCC(=O)NCCOc1ccccc1Cl)c1ccccc1C(F)(F)F. The van der Waals surface area contributed by atoms with E-state index in [1.165, 1.54) is 12.1 Å². The van der Waals surface area contributed by atoms with Gasteiger partial charge in [-0.15, -0.1) is 0 Å². The zero-order valence-electron chi connectivity index (χ0n) is 16.7. The number of carbonyl (C=O) groups is 1. The second-order valence-electron chi connectivity index (χ2n) is 6.58. The molecule has 1 amide bonds. The van der Waals surface area contributed by atoms with Crippen LogP contribution in [0, 0.1) is 0 Å². The average molecular weight is 479 g/mol. The van der Waals surface area contributed by atoms with Gasteiger partial charge in [-0.05, 0) is 30.7 Å². The predicted octanol–water partition coefficient (Wildman–Crippen LogP) is 4.10. The summed E-state index contributed by atoms with van der Waals surface area (Å²) >= 11 is 5.95. The third-order valence-corrected chi connectivity index (χ3v) is 5.65. The smallest absolute Gasteiger partial charge is 0.418 e. The van der Waals surface area contributed by atoms with Crippen LogP contribution in [0.25, 0.3) is 0 Å². The third-order valence-electron chi connectivity index (χ3n) is 4.16. The molecule has 0 aromatic heterocycles. The molecule has 1 N–H and O–H groups in total. The molecule has 0 atom stereocenters. The lowest BCUT2D eigenvalue weighted by atomic mass is 10.1. The number of alkyl halides is 3. The van der Waals surface area contributed by atoms with Crippen molar-refractivity contribution in [2.24, 2.45) is 0 Å². The average Bonchev–Trinajstić information content (AvgIpc) is 2.68. The summed E-state index contributed by atoms with van der Waals surface area (Å²) in [5, 5.41) is 3.04. The van der Waals surface area contributed by atoms with E-state index >= 15 is 0 Å². The van der Waals surface area contributed by atoms with Gasteiger partial charge in [0.25, 0.3) is 0 Å². The number of nitrogens with zero attached hydrogens (tertiary/aromatic N) is 1. The summed E-state index contributed by atoms with van der Waals surface area (Å²) in [5.74, 6) is 0.103. The summed E-state index contributed by atoms with van der Waals surface area (Å²) in [6.45, 7) is 0.0934. The van der Waals surface area contributed by atoms with Crippen LogP contribution in [0.1, 0.15) is 18.4 Å². The van der Waals surface area contributed by atoms with Gasteiger partial charge in [0.1, 0.15) is 12.4 Å². The van der Waals surface area contributed by atoms with Crippen LogP contribution in [-0.2, 0) is 21.0 Å². The van der Waals surface area contributed by atoms with Crippen molar-refractivity contribution in [2.75, 3.05) is 30.3 Å². The van der Waals surface area contributed by atoms with E-state index in [0.717, 1.165) is 18.4 Å². The van der Waals surface area contributed by atoms with Crippen molar-refractivity contribution in [2.45, 2.75) is 19.0 Å². The first kappa shape index (κ1) is 24.8. The Kier molecular flexibility index (Phi) is 8.58. The van der Waals surface area contributed by atoms with Gasteiger partial charge >= 0.3 is 6.18 Å². The highest BCUT2D eigenvalue weighted by atomic mass is 35.5. The normalized spacial score (nSPS) is 11.8. The van der Waals surface area contributed by atoms with Gasteiger partial charge in [-0.2, -0.15) is 13.2 Å². The van der Waals surface area contributed by atoms with Crippen LogP contribution in [0.3, 0.4) is 0 Å². The van der Waals surface area contributed by atoms with Crippen LogP contribution >= 0.6 is 11.6 Å². The number of hydrogen-bond acceptors (Lipinski definition) is 4. The van der Waals surface area contributed by atoms with Gasteiger partial charge in [0, 0.05) is 13.0 Å². The van der Waals surface area contributed by atoms with Gasteiger partial charge in [0.15, 0.2) is 0 Å². The fourth-order valence-corrected chi connectivity index (χ4v) is 3.95. The first-order chi connectivity index (χ1) is 14.5. The standard InChI is InChI=1S/C20H22ClF3N2O4S/c1-31(28,29)26(17-9-4-2-7-15(17)20(22,23)24)13-6-11-19(27)25-12-14-30-18-10-5-3-8-16(18)21/h2-5,7-10H,6,11-14H2,1H3,(H,25,27). The molecule has 0 bridgehead atoms. The summed E-state index contributed by atoms with van der Waals surface area (Å²) in [7, 11) is -3.99. The molecule has 2 rings (SSSR count). The minimum absolute atomic E-state index is 0.0382. The fraction of sp³-hybridized carbons (Fsp3) is 0.350. The molecule has 0 heterocycles. The molecule has 170 valence electrons. The van der Waals surface area contributed by atoms with Crippen molar-refractivity contribution in [3.63, 3.8) is 0 Å². The lowest BCUT2D eigenvalue weighted by molar-refractivity contribution is -0.137. The van der Waals surface area contributed by atoms with Gasteiger partial charge in [-0.3, -0.25) is 9.10 Å². The van der Waals surface area contributed by atoms with E-state index in [4.69, 9.17) is 16.3 Å². The van der Waals surface area contributed by atoms with Crippen LogP contribution in [0.5, 0.6) is 5.75 Å². The monoisotopic (exact) mass is 478 g/mol. The van der Waals surface area contributed by atoms with Crippen molar-refractivity contribution in [3.8, 4) is 5.75 Å². The van der Waals surface area contributed by atoms with Crippen molar-refractivity contribution >= 4 is 33.2 Å². The fourth-order valence-electron chi connectivity index (χ4n) is 2.78. The van der Waals surface area contributed by atoms with Gasteiger partial charge < -0.3 is 10.1 Å². The van der Waals surface area contributed by atoms with Crippen LogP contribution in [-0.4, -0.2) is 40.3 Å². The van der Waals surface area contributed by atoms with Crippen LogP contribution in [0.2, 0.25) is 5.02 Å². The first-order valence-electron chi connectivity index (χ1n) is 9.28. The number of amides is 1. The summed E-state index contributed by atoms with van der Waals surface area (Å²) in [6.07, 6.45) is -3.91. The maximum Gasteiger partial charge on any atom is 0.418 e. The van der Waals surface area contributed by atoms with E-state index in [-0.39, 0.29) is 38.4 Å². The van der Waals surface area contributed by atoms with Gasteiger partial charge in [0.05, 0.1) is 29.1 Å². The Hall–Kier alpha value is -2.46. The second-order valence-corrected chi connectivity index (χ2v) is 8.90. The molecule has 0 aliphatic heterocycles. The quantitative estimate of drug-likeness (QED) is 0.522. The van der Waals surface area contributed by atoms with Crippen LogP contribution in [0.15, 0.2) is 48.5 Å². The summed E-state index contributed by atoms with van der Waals surface area (Å²) in [4.78, 5) is 12.0. The number of rotatable bonds is 10. The number of sulfonamides is 1. The topological polar surface area (TPSA) is 75.7 Å². The highest BCUT2D eigenvalue weighted by Gasteiger charge is 2.36. The number of hydrogen-bond donors (Lipinski definition) is 1. The van der Waals surface area contributed by atoms with E-state index in [0.29, 0.717) is 15.1 Å². The van der Waals surface area contributed by atoms with E-state index in [2.05, 4.69) is 5.32 Å².